The summed E-state index contributed by atoms with van der Waals surface area (Å²) in [5, 5.41) is 24.9. The van der Waals surface area contributed by atoms with E-state index >= 15 is 0 Å². The summed E-state index contributed by atoms with van der Waals surface area (Å²) in [7, 11) is 0. The van der Waals surface area contributed by atoms with E-state index in [2.05, 4.69) is 25.7 Å². The van der Waals surface area contributed by atoms with Gasteiger partial charge in [0.1, 0.15) is 11.4 Å². The van der Waals surface area contributed by atoms with Crippen molar-refractivity contribution in [3.8, 4) is 17.1 Å². The molecule has 36 heavy (non-hydrogen) atoms. The molecule has 10 nitrogen and oxygen atoms in total. The summed E-state index contributed by atoms with van der Waals surface area (Å²) >= 11 is 0. The lowest BCUT2D eigenvalue weighted by Gasteiger charge is -2.25. The van der Waals surface area contributed by atoms with Gasteiger partial charge in [0.15, 0.2) is 0 Å². The van der Waals surface area contributed by atoms with Gasteiger partial charge in [-0.25, -0.2) is 4.98 Å². The average Bonchev–Trinajstić information content (AvgIpc) is 3.31. The van der Waals surface area contributed by atoms with Gasteiger partial charge in [0, 0.05) is 17.8 Å². The molecular formula is C26H32N6O4. The molecule has 0 unspecified atom stereocenters. The summed E-state index contributed by atoms with van der Waals surface area (Å²) in [5.74, 6) is 0.257. The molecule has 0 radical (unpaired) electrons. The molecule has 0 saturated heterocycles. The Morgan fingerprint density at radius 2 is 1.94 bits per heavy atom. The van der Waals surface area contributed by atoms with Gasteiger partial charge in [0.25, 0.3) is 5.91 Å². The van der Waals surface area contributed by atoms with Crippen LogP contribution < -0.4 is 10.1 Å². The third-order valence-electron chi connectivity index (χ3n) is 6.24. The van der Waals surface area contributed by atoms with Crippen molar-refractivity contribution in [2.24, 2.45) is 11.8 Å². The quantitative estimate of drug-likeness (QED) is 0.463. The zero-order valence-corrected chi connectivity index (χ0v) is 20.8. The van der Waals surface area contributed by atoms with Crippen molar-refractivity contribution in [2.45, 2.75) is 65.6 Å². The van der Waals surface area contributed by atoms with E-state index in [1.54, 1.807) is 10.9 Å². The number of hydrogen-bond acceptors (Lipinski definition) is 7. The molecule has 10 heteroatoms. The molecule has 1 aromatic carbocycles. The number of hydrogen-bond donors (Lipinski definition) is 2. The van der Waals surface area contributed by atoms with E-state index in [0.29, 0.717) is 48.9 Å². The molecule has 0 aliphatic heterocycles. The first-order valence-electron chi connectivity index (χ1n) is 12.3. The fourth-order valence-corrected chi connectivity index (χ4v) is 4.45. The smallest absolute Gasteiger partial charge is 0.306 e. The molecule has 3 aromatic rings. The summed E-state index contributed by atoms with van der Waals surface area (Å²) in [5.41, 5.74) is 2.55. The highest BCUT2D eigenvalue weighted by Crippen LogP contribution is 2.30. The van der Waals surface area contributed by atoms with Gasteiger partial charge in [-0.3, -0.25) is 9.59 Å². The molecule has 1 amide bonds. The molecule has 1 fully saturated rings. The lowest BCUT2D eigenvalue weighted by molar-refractivity contribution is -0.143. The van der Waals surface area contributed by atoms with Crippen LogP contribution in [0.4, 0.5) is 0 Å². The van der Waals surface area contributed by atoms with Gasteiger partial charge in [-0.15, -0.1) is 10.2 Å². The summed E-state index contributed by atoms with van der Waals surface area (Å²) in [6.07, 6.45) is 3.10. The first-order chi connectivity index (χ1) is 17.3. The zero-order valence-electron chi connectivity index (χ0n) is 20.8. The van der Waals surface area contributed by atoms with Gasteiger partial charge in [0.05, 0.1) is 18.6 Å². The summed E-state index contributed by atoms with van der Waals surface area (Å²) in [4.78, 5) is 30.0. The van der Waals surface area contributed by atoms with Crippen molar-refractivity contribution in [1.29, 1.82) is 0 Å². The Hall–Kier alpha value is -3.82. The predicted molar refractivity (Wildman–Crippen MR) is 132 cm³/mol. The Bertz CT molecular complexity index is 1220. The normalized spacial score (nSPS) is 17.7. The second-order valence-electron chi connectivity index (χ2n) is 9.60. The van der Waals surface area contributed by atoms with Gasteiger partial charge in [0.2, 0.25) is 5.82 Å². The SMILES string of the molecule is Cc1cc(-c2nnn(CC3CCC(C(=O)O)CC3)n2)cc(C(=O)NCc2cccc(OC(C)C)c2)n1. The number of rotatable bonds is 9. The topological polar surface area (TPSA) is 132 Å². The number of nitrogens with one attached hydrogen (secondary N) is 1. The second-order valence-corrected chi connectivity index (χ2v) is 9.60. The molecule has 0 atom stereocenters. The molecule has 1 saturated carbocycles. The van der Waals surface area contributed by atoms with E-state index in [4.69, 9.17) is 4.74 Å². The van der Waals surface area contributed by atoms with Crippen LogP contribution in [0.25, 0.3) is 11.4 Å². The highest BCUT2D eigenvalue weighted by atomic mass is 16.5. The number of carboxylic acids is 1. The molecule has 1 aliphatic carbocycles. The Kier molecular flexibility index (Phi) is 7.92. The van der Waals surface area contributed by atoms with Crippen molar-refractivity contribution in [3.05, 3.63) is 53.3 Å². The molecule has 2 aromatic heterocycles. The van der Waals surface area contributed by atoms with Crippen LogP contribution >= 0.6 is 0 Å². The highest BCUT2D eigenvalue weighted by molar-refractivity contribution is 5.93. The lowest BCUT2D eigenvalue weighted by Crippen LogP contribution is -2.24. The van der Waals surface area contributed by atoms with E-state index in [1.165, 1.54) is 0 Å². The monoisotopic (exact) mass is 492 g/mol. The van der Waals surface area contributed by atoms with Crippen molar-refractivity contribution < 1.29 is 19.4 Å². The minimum Gasteiger partial charge on any atom is -0.491 e. The van der Waals surface area contributed by atoms with E-state index < -0.39 is 5.97 Å². The maximum absolute atomic E-state index is 12.9. The fourth-order valence-electron chi connectivity index (χ4n) is 4.45. The summed E-state index contributed by atoms with van der Waals surface area (Å²) in [6.45, 7) is 6.69. The minimum atomic E-state index is -0.712. The van der Waals surface area contributed by atoms with Gasteiger partial charge >= 0.3 is 5.97 Å². The number of carbonyl (C=O) groups excluding carboxylic acids is 1. The second kappa shape index (κ2) is 11.3. The number of pyridine rings is 1. The Labute approximate surface area is 210 Å². The van der Waals surface area contributed by atoms with Crippen LogP contribution in [0.5, 0.6) is 5.75 Å². The maximum atomic E-state index is 12.9. The van der Waals surface area contributed by atoms with Crippen LogP contribution in [0.15, 0.2) is 36.4 Å². The lowest BCUT2D eigenvalue weighted by atomic mass is 9.82. The predicted octanol–water partition coefficient (Wildman–Crippen LogP) is 3.65. The molecule has 4 rings (SSSR count). The standard InChI is InChI=1S/C26H32N6O4/c1-16(2)36-22-6-4-5-19(12-22)14-27-25(33)23-13-21(11-17(3)28-23)24-29-31-32(30-24)15-18-7-9-20(10-8-18)26(34)35/h4-6,11-13,16,18,20H,7-10,14-15H2,1-3H3,(H,27,33)(H,34,35). The number of amides is 1. The number of nitrogens with zero attached hydrogens (tertiary/aromatic N) is 5. The van der Waals surface area contributed by atoms with E-state index in [1.807, 2.05) is 51.1 Å². The number of carbonyl (C=O) groups is 2. The number of aryl methyl sites for hydroxylation is 1. The molecule has 2 heterocycles. The Morgan fingerprint density at radius 3 is 2.67 bits per heavy atom. The van der Waals surface area contributed by atoms with Crippen LogP contribution in [0.2, 0.25) is 0 Å². The number of aromatic nitrogens is 5. The Morgan fingerprint density at radius 1 is 1.17 bits per heavy atom. The van der Waals surface area contributed by atoms with Gasteiger partial charge in [-0.05, 0) is 87.4 Å². The zero-order chi connectivity index (χ0) is 25.7. The van der Waals surface area contributed by atoms with Crippen molar-refractivity contribution >= 4 is 11.9 Å². The van der Waals surface area contributed by atoms with Crippen LogP contribution in [0, 0.1) is 18.8 Å². The number of carboxylic acid groups (broad SMARTS) is 1. The van der Waals surface area contributed by atoms with Crippen LogP contribution in [0.3, 0.4) is 0 Å². The van der Waals surface area contributed by atoms with Crippen molar-refractivity contribution in [1.82, 2.24) is 30.5 Å². The molecule has 190 valence electrons. The maximum Gasteiger partial charge on any atom is 0.306 e. The summed E-state index contributed by atoms with van der Waals surface area (Å²) in [6, 6.07) is 11.1. The largest absolute Gasteiger partial charge is 0.491 e. The number of aliphatic carboxylic acids is 1. The van der Waals surface area contributed by atoms with Crippen molar-refractivity contribution in [3.63, 3.8) is 0 Å². The molecule has 0 bridgehead atoms. The van der Waals surface area contributed by atoms with E-state index in [0.717, 1.165) is 24.2 Å². The van der Waals surface area contributed by atoms with Crippen LogP contribution in [-0.4, -0.2) is 48.3 Å². The highest BCUT2D eigenvalue weighted by Gasteiger charge is 2.26. The van der Waals surface area contributed by atoms with Crippen molar-refractivity contribution in [2.75, 3.05) is 0 Å². The number of benzene rings is 1. The molecule has 1 aliphatic rings. The van der Waals surface area contributed by atoms with Crippen LogP contribution in [-0.2, 0) is 17.9 Å². The average molecular weight is 493 g/mol. The van der Waals surface area contributed by atoms with E-state index in [9.17, 15) is 14.7 Å². The molecule has 2 N–H and O–H groups in total. The number of ether oxygens (including phenoxy) is 1. The van der Waals surface area contributed by atoms with Gasteiger partial charge < -0.3 is 15.2 Å². The first-order valence-corrected chi connectivity index (χ1v) is 12.3. The number of tetrazole rings is 1. The van der Waals surface area contributed by atoms with Gasteiger partial charge in [-0.1, -0.05) is 12.1 Å². The Balaban J connectivity index is 1.39. The van der Waals surface area contributed by atoms with Gasteiger partial charge in [-0.2, -0.15) is 4.80 Å². The minimum absolute atomic E-state index is 0.0725. The third-order valence-corrected chi connectivity index (χ3v) is 6.24. The summed E-state index contributed by atoms with van der Waals surface area (Å²) < 4.78 is 5.72. The fraction of sp³-hybridized carbons (Fsp3) is 0.462. The molecular weight excluding hydrogens is 460 g/mol. The van der Waals surface area contributed by atoms with Crippen LogP contribution in [0.1, 0.15) is 61.3 Å². The first kappa shape index (κ1) is 25.3. The van der Waals surface area contributed by atoms with E-state index in [-0.39, 0.29) is 23.6 Å². The molecule has 0 spiro atoms. The third kappa shape index (κ3) is 6.65.